The van der Waals surface area contributed by atoms with Crippen LogP contribution in [-0.2, 0) is 0 Å². The van der Waals surface area contributed by atoms with Crippen molar-refractivity contribution in [1.82, 2.24) is 0 Å². The molecule has 2 aromatic rings. The van der Waals surface area contributed by atoms with Gasteiger partial charge in [0.25, 0.3) is 0 Å². The number of hydrogen-bond donors (Lipinski definition) is 1. The summed E-state index contributed by atoms with van der Waals surface area (Å²) in [6, 6.07) is 10.6. The molecule has 0 radical (unpaired) electrons. The molecule has 0 aliphatic heterocycles. The molecular weight excluding hydrogens is 243 g/mol. The molecule has 2 aromatic carbocycles. The van der Waals surface area contributed by atoms with Crippen molar-refractivity contribution in [2.24, 2.45) is 0 Å². The molecule has 0 saturated carbocycles. The Hall–Kier alpha value is -1.87. The molecule has 2 rings (SSSR count). The Morgan fingerprint density at radius 2 is 1.82 bits per heavy atom. The molecule has 4 heteroatoms. The first-order valence-corrected chi connectivity index (χ1v) is 5.24. The van der Waals surface area contributed by atoms with E-state index in [2.05, 4.69) is 0 Å². The summed E-state index contributed by atoms with van der Waals surface area (Å²) in [6.45, 7) is 0. The van der Waals surface area contributed by atoms with Crippen molar-refractivity contribution in [3.8, 4) is 11.1 Å². The standard InChI is InChI=1S/C13H8ClFO2/c14-12-7-9(4-5-11(12)13(16)17)8-2-1-3-10(15)6-8/h1-7H,(H,16,17). The van der Waals surface area contributed by atoms with Crippen molar-refractivity contribution in [2.75, 3.05) is 0 Å². The second-order valence-corrected chi connectivity index (χ2v) is 3.92. The average Bonchev–Trinajstić information content (AvgIpc) is 2.28. The summed E-state index contributed by atoms with van der Waals surface area (Å²) in [4.78, 5) is 10.8. The van der Waals surface area contributed by atoms with Gasteiger partial charge in [0.1, 0.15) is 5.82 Å². The number of carbonyl (C=O) groups is 1. The number of carboxylic acid groups (broad SMARTS) is 1. The Labute approximate surface area is 102 Å². The zero-order valence-corrected chi connectivity index (χ0v) is 9.41. The van der Waals surface area contributed by atoms with Crippen molar-refractivity contribution in [3.05, 3.63) is 58.9 Å². The van der Waals surface area contributed by atoms with Crippen molar-refractivity contribution >= 4 is 17.6 Å². The maximum atomic E-state index is 13.0. The van der Waals surface area contributed by atoms with Crippen molar-refractivity contribution < 1.29 is 14.3 Å². The predicted molar refractivity (Wildman–Crippen MR) is 63.8 cm³/mol. The van der Waals surface area contributed by atoms with E-state index in [1.54, 1.807) is 18.2 Å². The summed E-state index contributed by atoms with van der Waals surface area (Å²) < 4.78 is 13.0. The number of carboxylic acids is 1. The first-order chi connectivity index (χ1) is 8.08. The minimum atomic E-state index is -1.08. The molecule has 0 saturated heterocycles. The molecule has 0 aromatic heterocycles. The minimum Gasteiger partial charge on any atom is -0.478 e. The summed E-state index contributed by atoms with van der Waals surface area (Å²) in [6.07, 6.45) is 0. The Morgan fingerprint density at radius 1 is 1.12 bits per heavy atom. The van der Waals surface area contributed by atoms with Crippen LogP contribution >= 0.6 is 11.6 Å². The molecule has 0 fully saturated rings. The van der Waals surface area contributed by atoms with Crippen LogP contribution in [0.2, 0.25) is 5.02 Å². The van der Waals surface area contributed by atoms with Gasteiger partial charge < -0.3 is 5.11 Å². The molecule has 2 nitrogen and oxygen atoms in total. The summed E-state index contributed by atoms with van der Waals surface area (Å²) in [5, 5.41) is 8.96. The van der Waals surface area contributed by atoms with Gasteiger partial charge in [0.2, 0.25) is 0 Å². The van der Waals surface area contributed by atoms with E-state index < -0.39 is 5.97 Å². The summed E-state index contributed by atoms with van der Waals surface area (Å²) >= 11 is 5.84. The van der Waals surface area contributed by atoms with Crippen LogP contribution in [0, 0.1) is 5.82 Å². The lowest BCUT2D eigenvalue weighted by Crippen LogP contribution is -1.97. The fourth-order valence-electron chi connectivity index (χ4n) is 1.54. The zero-order chi connectivity index (χ0) is 12.4. The molecule has 0 heterocycles. The number of rotatable bonds is 2. The van der Waals surface area contributed by atoms with E-state index in [1.807, 2.05) is 0 Å². The quantitative estimate of drug-likeness (QED) is 0.879. The van der Waals surface area contributed by atoms with E-state index >= 15 is 0 Å². The second-order valence-electron chi connectivity index (χ2n) is 3.51. The Kier molecular flexibility index (Phi) is 3.11. The Morgan fingerprint density at radius 3 is 2.41 bits per heavy atom. The third-order valence-electron chi connectivity index (χ3n) is 2.36. The van der Waals surface area contributed by atoms with E-state index in [0.717, 1.165) is 0 Å². The summed E-state index contributed by atoms with van der Waals surface area (Å²) in [5.74, 6) is -1.43. The third kappa shape index (κ3) is 2.45. The van der Waals surface area contributed by atoms with Gasteiger partial charge in [-0.05, 0) is 35.4 Å². The van der Waals surface area contributed by atoms with Gasteiger partial charge in [-0.2, -0.15) is 0 Å². The Bertz CT molecular complexity index is 581. The van der Waals surface area contributed by atoms with Crippen LogP contribution in [-0.4, -0.2) is 11.1 Å². The predicted octanol–water partition coefficient (Wildman–Crippen LogP) is 3.84. The molecular formula is C13H8ClFO2. The van der Waals surface area contributed by atoms with Gasteiger partial charge in [0.15, 0.2) is 0 Å². The molecule has 0 aliphatic rings. The maximum absolute atomic E-state index is 13.0. The number of benzene rings is 2. The molecule has 86 valence electrons. The first-order valence-electron chi connectivity index (χ1n) is 4.87. The van der Waals surface area contributed by atoms with Crippen molar-refractivity contribution in [3.63, 3.8) is 0 Å². The lowest BCUT2D eigenvalue weighted by molar-refractivity contribution is 0.0697. The largest absolute Gasteiger partial charge is 0.478 e. The second kappa shape index (κ2) is 4.55. The maximum Gasteiger partial charge on any atom is 0.337 e. The molecule has 17 heavy (non-hydrogen) atoms. The average molecular weight is 251 g/mol. The highest BCUT2D eigenvalue weighted by Gasteiger charge is 2.09. The fourth-order valence-corrected chi connectivity index (χ4v) is 1.80. The number of hydrogen-bond acceptors (Lipinski definition) is 1. The first kappa shape index (κ1) is 11.6. The van der Waals surface area contributed by atoms with Crippen LogP contribution in [0.15, 0.2) is 42.5 Å². The molecule has 0 spiro atoms. The molecule has 1 N–H and O–H groups in total. The highest BCUT2D eigenvalue weighted by Crippen LogP contribution is 2.26. The lowest BCUT2D eigenvalue weighted by atomic mass is 10.0. The molecule has 0 bridgehead atoms. The van der Waals surface area contributed by atoms with Gasteiger partial charge in [-0.1, -0.05) is 29.8 Å². The topological polar surface area (TPSA) is 37.3 Å². The third-order valence-corrected chi connectivity index (χ3v) is 2.67. The molecule has 0 amide bonds. The van der Waals surface area contributed by atoms with E-state index in [-0.39, 0.29) is 16.4 Å². The Balaban J connectivity index is 2.48. The van der Waals surface area contributed by atoms with Gasteiger partial charge in [-0.3, -0.25) is 0 Å². The fraction of sp³-hybridized carbons (Fsp3) is 0. The van der Waals surface area contributed by atoms with Crippen molar-refractivity contribution in [2.45, 2.75) is 0 Å². The lowest BCUT2D eigenvalue weighted by Gasteiger charge is -2.04. The highest BCUT2D eigenvalue weighted by molar-refractivity contribution is 6.33. The van der Waals surface area contributed by atoms with Crippen LogP contribution in [0.4, 0.5) is 4.39 Å². The molecule has 0 unspecified atom stereocenters. The SMILES string of the molecule is O=C(O)c1ccc(-c2cccc(F)c2)cc1Cl. The van der Waals surface area contributed by atoms with Gasteiger partial charge in [0, 0.05) is 0 Å². The van der Waals surface area contributed by atoms with Crippen molar-refractivity contribution in [1.29, 1.82) is 0 Å². The van der Waals surface area contributed by atoms with Gasteiger partial charge in [0.05, 0.1) is 10.6 Å². The van der Waals surface area contributed by atoms with Crippen LogP contribution in [0.1, 0.15) is 10.4 Å². The van der Waals surface area contributed by atoms with Crippen LogP contribution in [0.25, 0.3) is 11.1 Å². The molecule has 0 atom stereocenters. The van der Waals surface area contributed by atoms with Crippen LogP contribution < -0.4 is 0 Å². The number of aromatic carboxylic acids is 1. The zero-order valence-electron chi connectivity index (χ0n) is 8.65. The van der Waals surface area contributed by atoms with Gasteiger partial charge in [-0.15, -0.1) is 0 Å². The van der Waals surface area contributed by atoms with Gasteiger partial charge >= 0.3 is 5.97 Å². The summed E-state index contributed by atoms with van der Waals surface area (Å²) in [5.41, 5.74) is 1.37. The normalized spacial score (nSPS) is 10.2. The molecule has 0 aliphatic carbocycles. The monoisotopic (exact) mass is 250 g/mol. The van der Waals surface area contributed by atoms with E-state index in [0.29, 0.717) is 11.1 Å². The van der Waals surface area contributed by atoms with E-state index in [1.165, 1.54) is 24.3 Å². The highest BCUT2D eigenvalue weighted by atomic mass is 35.5. The van der Waals surface area contributed by atoms with E-state index in [9.17, 15) is 9.18 Å². The van der Waals surface area contributed by atoms with E-state index in [4.69, 9.17) is 16.7 Å². The summed E-state index contributed by atoms with van der Waals surface area (Å²) in [7, 11) is 0. The van der Waals surface area contributed by atoms with Crippen LogP contribution in [0.3, 0.4) is 0 Å². The smallest absolute Gasteiger partial charge is 0.337 e. The number of halogens is 2. The van der Waals surface area contributed by atoms with Gasteiger partial charge in [-0.25, -0.2) is 9.18 Å². The minimum absolute atomic E-state index is 0.0341. The van der Waals surface area contributed by atoms with Crippen LogP contribution in [0.5, 0.6) is 0 Å².